The molecule has 0 heterocycles. The second-order valence-corrected chi connectivity index (χ2v) is 7.56. The molecule has 1 unspecified atom stereocenters. The van der Waals surface area contributed by atoms with Gasteiger partial charge in [-0.1, -0.05) is 43.3 Å². The van der Waals surface area contributed by atoms with Crippen LogP contribution in [0.2, 0.25) is 0 Å². The molecular formula is C26H28FNO3. The van der Waals surface area contributed by atoms with E-state index in [0.717, 1.165) is 28.0 Å². The zero-order valence-electron chi connectivity index (χ0n) is 18.2. The molecule has 0 fully saturated rings. The first-order chi connectivity index (χ1) is 14.9. The molecule has 0 spiro atoms. The van der Waals surface area contributed by atoms with Gasteiger partial charge in [-0.2, -0.15) is 0 Å². The average Bonchev–Trinajstić information content (AvgIpc) is 2.78. The molecule has 5 heteroatoms. The van der Waals surface area contributed by atoms with E-state index in [4.69, 9.17) is 9.47 Å². The summed E-state index contributed by atoms with van der Waals surface area (Å²) in [6.07, 6.45) is 0.0360. The average molecular weight is 422 g/mol. The maximum absolute atomic E-state index is 13.0. The summed E-state index contributed by atoms with van der Waals surface area (Å²) < 4.78 is 24.7. The van der Waals surface area contributed by atoms with Crippen molar-refractivity contribution in [1.29, 1.82) is 0 Å². The van der Waals surface area contributed by atoms with Gasteiger partial charge in [0.25, 0.3) is 5.91 Å². The minimum absolute atomic E-state index is 0.139. The number of carbonyl (C=O) groups excluding carboxylic acids is 1. The minimum Gasteiger partial charge on any atom is -0.489 e. The maximum atomic E-state index is 13.0. The topological polar surface area (TPSA) is 47.6 Å². The van der Waals surface area contributed by atoms with E-state index < -0.39 is 6.10 Å². The van der Waals surface area contributed by atoms with Crippen molar-refractivity contribution in [1.82, 2.24) is 5.32 Å². The van der Waals surface area contributed by atoms with Gasteiger partial charge in [-0.15, -0.1) is 0 Å². The normalized spacial score (nSPS) is 11.6. The van der Waals surface area contributed by atoms with Gasteiger partial charge in [0.2, 0.25) is 0 Å². The van der Waals surface area contributed by atoms with Crippen molar-refractivity contribution in [2.24, 2.45) is 0 Å². The first-order valence-electron chi connectivity index (χ1n) is 10.4. The molecule has 3 aromatic carbocycles. The van der Waals surface area contributed by atoms with E-state index in [2.05, 4.69) is 5.32 Å². The fraction of sp³-hybridized carbons (Fsp3) is 0.269. The first-order valence-corrected chi connectivity index (χ1v) is 10.4. The number of carbonyl (C=O) groups is 1. The van der Waals surface area contributed by atoms with Crippen LogP contribution in [-0.4, -0.2) is 12.0 Å². The second-order valence-electron chi connectivity index (χ2n) is 7.56. The Morgan fingerprint density at radius 1 is 0.968 bits per heavy atom. The van der Waals surface area contributed by atoms with E-state index in [1.54, 1.807) is 12.1 Å². The smallest absolute Gasteiger partial charge is 0.261 e. The Hall–Kier alpha value is -3.34. The molecule has 0 aliphatic heterocycles. The molecule has 1 N–H and O–H groups in total. The summed E-state index contributed by atoms with van der Waals surface area (Å²) in [4.78, 5) is 12.6. The number of halogens is 1. The highest BCUT2D eigenvalue weighted by Gasteiger charge is 2.19. The van der Waals surface area contributed by atoms with Crippen LogP contribution < -0.4 is 14.8 Å². The maximum Gasteiger partial charge on any atom is 0.261 e. The number of aryl methyl sites for hydroxylation is 2. The number of rotatable bonds is 9. The van der Waals surface area contributed by atoms with Crippen LogP contribution in [0.5, 0.6) is 11.5 Å². The van der Waals surface area contributed by atoms with Crippen LogP contribution >= 0.6 is 0 Å². The van der Waals surface area contributed by atoms with Crippen LogP contribution in [0.3, 0.4) is 0 Å². The zero-order valence-corrected chi connectivity index (χ0v) is 18.2. The summed E-state index contributed by atoms with van der Waals surface area (Å²) >= 11 is 0. The van der Waals surface area contributed by atoms with Crippen molar-refractivity contribution < 1.29 is 18.7 Å². The molecule has 1 amide bonds. The predicted molar refractivity (Wildman–Crippen MR) is 120 cm³/mol. The summed E-state index contributed by atoms with van der Waals surface area (Å²) in [7, 11) is 0. The Balaban J connectivity index is 1.50. The van der Waals surface area contributed by atoms with Gasteiger partial charge in [0, 0.05) is 6.54 Å². The Morgan fingerprint density at radius 3 is 2.32 bits per heavy atom. The van der Waals surface area contributed by atoms with E-state index in [1.807, 2.05) is 63.2 Å². The second kappa shape index (κ2) is 10.6. The number of amides is 1. The molecule has 0 bridgehead atoms. The molecule has 0 saturated heterocycles. The fourth-order valence-corrected chi connectivity index (χ4v) is 3.06. The quantitative estimate of drug-likeness (QED) is 0.497. The Labute approximate surface area is 183 Å². The fourth-order valence-electron chi connectivity index (χ4n) is 3.06. The standard InChI is InChI=1S/C26H28FNO3/c1-4-24(31-25-15-18(2)5-6-19(25)3)26(29)28-16-20-9-13-23(14-10-20)30-17-21-7-11-22(27)12-8-21/h5-15,24H,4,16-17H2,1-3H3,(H,28,29). The van der Waals surface area contributed by atoms with Gasteiger partial charge in [0.05, 0.1) is 0 Å². The number of ether oxygens (including phenoxy) is 2. The molecular weight excluding hydrogens is 393 g/mol. The number of hydrogen-bond acceptors (Lipinski definition) is 3. The van der Waals surface area contributed by atoms with Crippen molar-refractivity contribution in [3.8, 4) is 11.5 Å². The third-order valence-corrected chi connectivity index (χ3v) is 4.98. The van der Waals surface area contributed by atoms with Crippen LogP contribution in [-0.2, 0) is 17.9 Å². The van der Waals surface area contributed by atoms with E-state index in [1.165, 1.54) is 12.1 Å². The number of benzene rings is 3. The highest BCUT2D eigenvalue weighted by Crippen LogP contribution is 2.21. The predicted octanol–water partition coefficient (Wildman–Crippen LogP) is 5.50. The lowest BCUT2D eigenvalue weighted by Crippen LogP contribution is -2.37. The molecule has 0 aromatic heterocycles. The van der Waals surface area contributed by atoms with E-state index in [9.17, 15) is 9.18 Å². The van der Waals surface area contributed by atoms with E-state index >= 15 is 0 Å². The molecule has 3 rings (SSSR count). The Morgan fingerprint density at radius 2 is 1.65 bits per heavy atom. The van der Waals surface area contributed by atoms with Crippen molar-refractivity contribution in [3.05, 3.63) is 94.8 Å². The molecule has 0 radical (unpaired) electrons. The molecule has 0 aliphatic rings. The Kier molecular flexibility index (Phi) is 7.65. The van der Waals surface area contributed by atoms with Gasteiger partial charge in [-0.3, -0.25) is 4.79 Å². The van der Waals surface area contributed by atoms with Crippen LogP contribution in [0.4, 0.5) is 4.39 Å². The zero-order chi connectivity index (χ0) is 22.2. The Bertz CT molecular complexity index is 1000. The van der Waals surface area contributed by atoms with Crippen LogP contribution in [0.1, 0.15) is 35.6 Å². The van der Waals surface area contributed by atoms with E-state index in [0.29, 0.717) is 25.3 Å². The van der Waals surface area contributed by atoms with Crippen LogP contribution in [0.15, 0.2) is 66.7 Å². The molecule has 1 atom stereocenters. The van der Waals surface area contributed by atoms with E-state index in [-0.39, 0.29) is 11.7 Å². The van der Waals surface area contributed by atoms with Gasteiger partial charge in [0.1, 0.15) is 23.9 Å². The third kappa shape index (κ3) is 6.57. The SMILES string of the molecule is CCC(Oc1cc(C)ccc1C)C(=O)NCc1ccc(OCc2ccc(F)cc2)cc1. The van der Waals surface area contributed by atoms with Gasteiger partial charge >= 0.3 is 0 Å². The van der Waals surface area contributed by atoms with Crippen molar-refractivity contribution in [2.75, 3.05) is 0 Å². The van der Waals surface area contributed by atoms with Gasteiger partial charge in [-0.05, 0) is 72.9 Å². The summed E-state index contributed by atoms with van der Waals surface area (Å²) in [5.41, 5.74) is 3.96. The molecule has 0 saturated carbocycles. The summed E-state index contributed by atoms with van der Waals surface area (Å²) in [5, 5.41) is 2.95. The first kappa shape index (κ1) is 22.3. The molecule has 3 aromatic rings. The highest BCUT2D eigenvalue weighted by molar-refractivity contribution is 5.81. The summed E-state index contributed by atoms with van der Waals surface area (Å²) in [6, 6.07) is 19.7. The molecule has 0 aliphatic carbocycles. The lowest BCUT2D eigenvalue weighted by Gasteiger charge is -2.19. The van der Waals surface area contributed by atoms with Gasteiger partial charge < -0.3 is 14.8 Å². The van der Waals surface area contributed by atoms with Crippen molar-refractivity contribution in [3.63, 3.8) is 0 Å². The number of hydrogen-bond donors (Lipinski definition) is 1. The van der Waals surface area contributed by atoms with Crippen molar-refractivity contribution in [2.45, 2.75) is 46.4 Å². The minimum atomic E-state index is -0.543. The van der Waals surface area contributed by atoms with Crippen LogP contribution in [0.25, 0.3) is 0 Å². The number of nitrogens with one attached hydrogen (secondary N) is 1. The summed E-state index contributed by atoms with van der Waals surface area (Å²) in [5.74, 6) is 1.05. The monoisotopic (exact) mass is 421 g/mol. The van der Waals surface area contributed by atoms with Gasteiger partial charge in [-0.25, -0.2) is 4.39 Å². The summed E-state index contributed by atoms with van der Waals surface area (Å²) in [6.45, 7) is 6.68. The molecule has 162 valence electrons. The lowest BCUT2D eigenvalue weighted by molar-refractivity contribution is -0.128. The lowest BCUT2D eigenvalue weighted by atomic mass is 10.1. The largest absolute Gasteiger partial charge is 0.489 e. The molecule has 4 nitrogen and oxygen atoms in total. The molecule has 31 heavy (non-hydrogen) atoms. The third-order valence-electron chi connectivity index (χ3n) is 4.98. The van der Waals surface area contributed by atoms with Crippen molar-refractivity contribution >= 4 is 5.91 Å². The van der Waals surface area contributed by atoms with Gasteiger partial charge in [0.15, 0.2) is 6.10 Å². The highest BCUT2D eigenvalue weighted by atomic mass is 19.1. The van der Waals surface area contributed by atoms with Crippen LogP contribution in [0, 0.1) is 19.7 Å².